The van der Waals surface area contributed by atoms with E-state index in [2.05, 4.69) is 28.2 Å². The Morgan fingerprint density at radius 2 is 1.82 bits per heavy atom. The van der Waals surface area contributed by atoms with Crippen LogP contribution in [0.1, 0.15) is 35.7 Å². The lowest BCUT2D eigenvalue weighted by Crippen LogP contribution is -3.00. The van der Waals surface area contributed by atoms with E-state index in [0.29, 0.717) is 17.8 Å². The van der Waals surface area contributed by atoms with Crippen molar-refractivity contribution in [2.75, 3.05) is 36.0 Å². The Morgan fingerprint density at radius 3 is 2.59 bits per heavy atom. The number of benzene rings is 2. The van der Waals surface area contributed by atoms with Gasteiger partial charge in [0.2, 0.25) is 5.91 Å². The first-order valence-electron chi connectivity index (χ1n) is 12.8. The first-order valence-corrected chi connectivity index (χ1v) is 13.6. The van der Waals surface area contributed by atoms with Gasteiger partial charge in [0.05, 0.1) is 16.7 Å². The number of nitrogens with one attached hydrogen (secondary N) is 1. The van der Waals surface area contributed by atoms with Crippen molar-refractivity contribution in [1.82, 2.24) is 5.32 Å². The first-order chi connectivity index (χ1) is 18.5. The van der Waals surface area contributed by atoms with Crippen LogP contribution in [0.4, 0.5) is 16.2 Å². The number of nitrogens with zero attached hydrogens (tertiary/aromatic N) is 3. The van der Waals surface area contributed by atoms with Crippen molar-refractivity contribution in [2.45, 2.75) is 32.7 Å². The van der Waals surface area contributed by atoms with E-state index in [9.17, 15) is 14.4 Å². The summed E-state index contributed by atoms with van der Waals surface area (Å²) < 4.78 is 8.16. The SMILES string of the molecule is CCC[n+]1cc(Br)cc(C(=O)N(CCC(=O)NCCOC(=O)N2CCc3ccccc32)c2ccccc2)c1.[Cl-]. The number of aryl methyl sites for hydroxylation is 1. The van der Waals surface area contributed by atoms with E-state index in [1.165, 1.54) is 0 Å². The molecule has 4 rings (SSSR count). The third-order valence-corrected chi connectivity index (χ3v) is 6.68. The third kappa shape index (κ3) is 8.03. The summed E-state index contributed by atoms with van der Waals surface area (Å²) in [5, 5.41) is 2.78. The molecule has 1 aliphatic rings. The number of aromatic nitrogens is 1. The fourth-order valence-electron chi connectivity index (χ4n) is 4.45. The second-order valence-corrected chi connectivity index (χ2v) is 9.93. The molecule has 0 aliphatic carbocycles. The number of rotatable bonds is 10. The second-order valence-electron chi connectivity index (χ2n) is 9.02. The molecule has 0 radical (unpaired) electrons. The minimum absolute atomic E-state index is 0. The molecule has 0 fully saturated rings. The summed E-state index contributed by atoms with van der Waals surface area (Å²) in [7, 11) is 0. The van der Waals surface area contributed by atoms with Crippen LogP contribution in [-0.2, 0) is 22.5 Å². The van der Waals surface area contributed by atoms with Gasteiger partial charge in [-0.15, -0.1) is 0 Å². The van der Waals surface area contributed by atoms with Crippen molar-refractivity contribution in [2.24, 2.45) is 0 Å². The van der Waals surface area contributed by atoms with Gasteiger partial charge in [-0.1, -0.05) is 43.3 Å². The summed E-state index contributed by atoms with van der Waals surface area (Å²) in [5.41, 5.74) is 3.25. The summed E-state index contributed by atoms with van der Waals surface area (Å²) in [6, 6.07) is 18.9. The maximum atomic E-state index is 13.5. The minimum atomic E-state index is -0.417. The van der Waals surface area contributed by atoms with Crippen molar-refractivity contribution in [3.8, 4) is 0 Å². The van der Waals surface area contributed by atoms with E-state index in [0.717, 1.165) is 35.1 Å². The molecule has 0 spiro atoms. The number of carbonyl (C=O) groups is 3. The van der Waals surface area contributed by atoms with Gasteiger partial charge in [-0.3, -0.25) is 14.5 Å². The molecule has 0 saturated carbocycles. The maximum Gasteiger partial charge on any atom is 0.414 e. The fourth-order valence-corrected chi connectivity index (χ4v) is 4.96. The van der Waals surface area contributed by atoms with Crippen LogP contribution >= 0.6 is 15.9 Å². The molecule has 3 amide bonds. The van der Waals surface area contributed by atoms with Crippen LogP contribution in [-0.4, -0.2) is 44.1 Å². The normalized spacial score (nSPS) is 11.8. The Balaban J connectivity index is 0.00000420. The van der Waals surface area contributed by atoms with Crippen LogP contribution < -0.4 is 32.1 Å². The Kier molecular flexibility index (Phi) is 11.3. The lowest BCUT2D eigenvalue weighted by atomic mass is 10.2. The summed E-state index contributed by atoms with van der Waals surface area (Å²) in [6.07, 6.45) is 5.21. The van der Waals surface area contributed by atoms with Gasteiger partial charge >= 0.3 is 6.09 Å². The monoisotopic (exact) mass is 614 g/mol. The van der Waals surface area contributed by atoms with Crippen molar-refractivity contribution >= 4 is 45.2 Å². The summed E-state index contributed by atoms with van der Waals surface area (Å²) >= 11 is 3.50. The minimum Gasteiger partial charge on any atom is -1.00 e. The number of fused-ring (bicyclic) bond motifs is 1. The molecule has 1 aliphatic heterocycles. The lowest BCUT2D eigenvalue weighted by Gasteiger charge is -2.22. The Labute approximate surface area is 243 Å². The third-order valence-electron chi connectivity index (χ3n) is 6.25. The molecule has 0 bridgehead atoms. The lowest BCUT2D eigenvalue weighted by molar-refractivity contribution is -0.697. The van der Waals surface area contributed by atoms with Crippen LogP contribution in [0.15, 0.2) is 77.5 Å². The number of para-hydroxylation sites is 2. The summed E-state index contributed by atoms with van der Waals surface area (Å²) in [5.74, 6) is -0.411. The molecular weight excluding hydrogens is 584 g/mol. The zero-order chi connectivity index (χ0) is 26.9. The van der Waals surface area contributed by atoms with E-state index in [-0.39, 0.29) is 50.3 Å². The molecule has 2 aromatic carbocycles. The molecular formula is C29H32BrClN4O4. The van der Waals surface area contributed by atoms with Gasteiger partial charge < -0.3 is 27.4 Å². The standard InChI is InChI=1S/C29H31BrN4O4.ClH/c1-2-15-32-20-23(19-24(30)21-32)28(36)33(25-9-4-3-5-10-25)17-13-27(35)31-14-18-38-29(37)34-16-12-22-8-6-7-11-26(22)34;/h3-11,19-21H,2,12-18H2,1H3;1H. The smallest absolute Gasteiger partial charge is 0.414 e. The van der Waals surface area contributed by atoms with Crippen LogP contribution in [0.5, 0.6) is 0 Å². The molecule has 1 N–H and O–H groups in total. The average molecular weight is 616 g/mol. The number of amides is 3. The highest BCUT2D eigenvalue weighted by Crippen LogP contribution is 2.27. The van der Waals surface area contributed by atoms with E-state index in [4.69, 9.17) is 4.74 Å². The topological polar surface area (TPSA) is 82.8 Å². The molecule has 3 aromatic rings. The van der Waals surface area contributed by atoms with Crippen LogP contribution in [0.25, 0.3) is 0 Å². The average Bonchev–Trinajstić information content (AvgIpc) is 3.36. The van der Waals surface area contributed by atoms with E-state index >= 15 is 0 Å². The van der Waals surface area contributed by atoms with E-state index in [1.807, 2.05) is 71.6 Å². The zero-order valence-electron chi connectivity index (χ0n) is 21.8. The van der Waals surface area contributed by atoms with Crippen LogP contribution in [0, 0.1) is 0 Å². The number of hydrogen-bond donors (Lipinski definition) is 1. The Bertz CT molecular complexity index is 1290. The number of anilines is 2. The predicted octanol–water partition coefficient (Wildman–Crippen LogP) is 1.50. The number of carbonyl (C=O) groups excluding carboxylic acids is 3. The summed E-state index contributed by atoms with van der Waals surface area (Å²) in [6.45, 7) is 3.94. The van der Waals surface area contributed by atoms with E-state index in [1.54, 1.807) is 15.9 Å². The van der Waals surface area contributed by atoms with Crippen LogP contribution in [0.3, 0.4) is 0 Å². The second kappa shape index (κ2) is 14.6. The maximum absolute atomic E-state index is 13.5. The molecule has 10 heteroatoms. The highest BCUT2D eigenvalue weighted by Gasteiger charge is 2.25. The van der Waals surface area contributed by atoms with Crippen molar-refractivity contribution in [1.29, 1.82) is 0 Å². The van der Waals surface area contributed by atoms with Crippen molar-refractivity contribution in [3.05, 3.63) is 88.7 Å². The molecule has 206 valence electrons. The Hall–Kier alpha value is -3.43. The van der Waals surface area contributed by atoms with Gasteiger partial charge in [0, 0.05) is 31.6 Å². The molecule has 8 nitrogen and oxygen atoms in total. The number of pyridine rings is 1. The highest BCUT2D eigenvalue weighted by atomic mass is 79.9. The van der Waals surface area contributed by atoms with Gasteiger partial charge in [0.1, 0.15) is 18.7 Å². The molecule has 2 heterocycles. The van der Waals surface area contributed by atoms with Crippen molar-refractivity contribution in [3.63, 3.8) is 0 Å². The zero-order valence-corrected chi connectivity index (χ0v) is 24.2. The predicted molar refractivity (Wildman–Crippen MR) is 149 cm³/mol. The largest absolute Gasteiger partial charge is 1.00 e. The fraction of sp³-hybridized carbons (Fsp3) is 0.310. The van der Waals surface area contributed by atoms with Gasteiger partial charge in [0.25, 0.3) is 5.91 Å². The van der Waals surface area contributed by atoms with Gasteiger partial charge in [-0.2, -0.15) is 0 Å². The Morgan fingerprint density at radius 1 is 1.08 bits per heavy atom. The van der Waals surface area contributed by atoms with Crippen LogP contribution in [0.2, 0.25) is 0 Å². The van der Waals surface area contributed by atoms with Gasteiger partial charge in [-0.05, 0) is 52.2 Å². The quantitative estimate of drug-likeness (QED) is 0.277. The number of ether oxygens (including phenoxy) is 1. The number of halogens is 2. The molecule has 0 unspecified atom stereocenters. The molecule has 39 heavy (non-hydrogen) atoms. The van der Waals surface area contributed by atoms with Crippen molar-refractivity contribution < 1.29 is 36.1 Å². The molecule has 0 saturated heterocycles. The number of hydrogen-bond acceptors (Lipinski definition) is 4. The van der Waals surface area contributed by atoms with E-state index < -0.39 is 6.09 Å². The van der Waals surface area contributed by atoms with Gasteiger partial charge in [-0.25, -0.2) is 9.36 Å². The van der Waals surface area contributed by atoms with Gasteiger partial charge in [0.15, 0.2) is 12.4 Å². The highest BCUT2D eigenvalue weighted by molar-refractivity contribution is 9.10. The molecule has 0 atom stereocenters. The first kappa shape index (κ1) is 30.1. The summed E-state index contributed by atoms with van der Waals surface area (Å²) in [4.78, 5) is 41.8. The molecule has 1 aromatic heterocycles.